The molecule has 90 valence electrons. The largest absolute Gasteiger partial charge is 0.384 e. The topological polar surface area (TPSA) is 64.7 Å². The minimum atomic E-state index is 0.358. The van der Waals surface area contributed by atoms with Gasteiger partial charge in [0.1, 0.15) is 16.6 Å². The summed E-state index contributed by atoms with van der Waals surface area (Å²) in [5.74, 6) is 1.65. The predicted octanol–water partition coefficient (Wildman–Crippen LogP) is 2.54. The molecule has 0 atom stereocenters. The monoisotopic (exact) mass is 248 g/mol. The Hall–Kier alpha value is -1.49. The summed E-state index contributed by atoms with van der Waals surface area (Å²) in [5.41, 5.74) is 7.81. The van der Waals surface area contributed by atoms with E-state index in [1.54, 1.807) is 11.3 Å². The van der Waals surface area contributed by atoms with Gasteiger partial charge in [0.05, 0.1) is 6.42 Å². The number of thiazole rings is 1. The third-order valence-electron chi connectivity index (χ3n) is 2.38. The number of hydrogen-bond acceptors (Lipinski definition) is 5. The van der Waals surface area contributed by atoms with Gasteiger partial charge >= 0.3 is 0 Å². The number of nitrogens with zero attached hydrogens (tertiary/aromatic N) is 3. The molecule has 0 fully saturated rings. The van der Waals surface area contributed by atoms with Gasteiger partial charge < -0.3 is 5.73 Å². The Morgan fingerprint density at radius 3 is 2.65 bits per heavy atom. The van der Waals surface area contributed by atoms with Crippen LogP contribution in [0, 0.1) is 6.92 Å². The Morgan fingerprint density at radius 1 is 1.29 bits per heavy atom. The van der Waals surface area contributed by atoms with Crippen LogP contribution in [0.2, 0.25) is 0 Å². The number of aryl methyl sites for hydroxylation is 1. The summed E-state index contributed by atoms with van der Waals surface area (Å²) in [6.45, 7) is 6.18. The van der Waals surface area contributed by atoms with Gasteiger partial charge in [-0.15, -0.1) is 11.3 Å². The van der Waals surface area contributed by atoms with Crippen LogP contribution in [0.25, 0.3) is 0 Å². The molecule has 4 nitrogen and oxygen atoms in total. The highest BCUT2D eigenvalue weighted by Crippen LogP contribution is 2.17. The van der Waals surface area contributed by atoms with Crippen molar-refractivity contribution in [3.63, 3.8) is 0 Å². The summed E-state index contributed by atoms with van der Waals surface area (Å²) in [6.07, 6.45) is 0.656. The van der Waals surface area contributed by atoms with Gasteiger partial charge in [-0.1, -0.05) is 13.8 Å². The first-order valence-electron chi connectivity index (χ1n) is 5.59. The second kappa shape index (κ2) is 4.79. The van der Waals surface area contributed by atoms with Gasteiger partial charge in [0.25, 0.3) is 0 Å². The maximum atomic E-state index is 5.79. The molecule has 0 aromatic carbocycles. The normalized spacial score (nSPS) is 11.1. The smallest absolute Gasteiger partial charge is 0.137 e. The van der Waals surface area contributed by atoms with Crippen LogP contribution in [0.3, 0.4) is 0 Å². The van der Waals surface area contributed by atoms with E-state index in [2.05, 4.69) is 28.8 Å². The fraction of sp³-hybridized carbons (Fsp3) is 0.417. The minimum absolute atomic E-state index is 0.358. The maximum Gasteiger partial charge on any atom is 0.137 e. The number of aromatic nitrogens is 3. The van der Waals surface area contributed by atoms with Crippen molar-refractivity contribution in [1.82, 2.24) is 15.0 Å². The lowest BCUT2D eigenvalue weighted by molar-refractivity contribution is 0.793. The summed E-state index contributed by atoms with van der Waals surface area (Å²) >= 11 is 1.63. The Labute approximate surface area is 105 Å². The van der Waals surface area contributed by atoms with Crippen LogP contribution in [0.15, 0.2) is 11.4 Å². The van der Waals surface area contributed by atoms with Gasteiger partial charge in [-0.25, -0.2) is 15.0 Å². The lowest BCUT2D eigenvalue weighted by Gasteiger charge is -2.07. The Kier molecular flexibility index (Phi) is 3.38. The molecule has 0 spiro atoms. The minimum Gasteiger partial charge on any atom is -0.384 e. The SMILES string of the molecule is Cc1csc(Cc2nc(N)cc(C(C)C)n2)n1. The second-order valence-electron chi connectivity index (χ2n) is 4.35. The molecular formula is C12H16N4S. The highest BCUT2D eigenvalue weighted by atomic mass is 32.1. The molecule has 0 aliphatic rings. The van der Waals surface area contributed by atoms with Gasteiger partial charge in [-0.3, -0.25) is 0 Å². The van der Waals surface area contributed by atoms with Gasteiger partial charge in [0.2, 0.25) is 0 Å². The van der Waals surface area contributed by atoms with E-state index in [0.717, 1.165) is 22.2 Å². The van der Waals surface area contributed by atoms with E-state index in [0.29, 0.717) is 18.2 Å². The third kappa shape index (κ3) is 3.00. The van der Waals surface area contributed by atoms with Gasteiger partial charge in [-0.05, 0) is 12.8 Å². The van der Waals surface area contributed by atoms with E-state index >= 15 is 0 Å². The highest BCUT2D eigenvalue weighted by molar-refractivity contribution is 7.09. The summed E-state index contributed by atoms with van der Waals surface area (Å²) < 4.78 is 0. The molecule has 0 aliphatic heterocycles. The van der Waals surface area contributed by atoms with Crippen LogP contribution in [0.1, 0.15) is 42.0 Å². The molecule has 17 heavy (non-hydrogen) atoms. The van der Waals surface area contributed by atoms with Crippen LogP contribution in [0.4, 0.5) is 5.82 Å². The lowest BCUT2D eigenvalue weighted by atomic mass is 10.1. The van der Waals surface area contributed by atoms with Gasteiger partial charge in [0.15, 0.2) is 0 Å². The zero-order valence-electron chi connectivity index (χ0n) is 10.3. The molecule has 0 unspecified atom stereocenters. The molecule has 0 aliphatic carbocycles. The van der Waals surface area contributed by atoms with Crippen LogP contribution >= 0.6 is 11.3 Å². The molecule has 2 rings (SSSR count). The van der Waals surface area contributed by atoms with Gasteiger partial charge in [-0.2, -0.15) is 0 Å². The molecular weight excluding hydrogens is 232 g/mol. The number of anilines is 1. The molecule has 2 N–H and O–H groups in total. The summed E-state index contributed by atoms with van der Waals surface area (Å²) in [4.78, 5) is 13.2. The lowest BCUT2D eigenvalue weighted by Crippen LogP contribution is -2.05. The van der Waals surface area contributed by atoms with E-state index in [-0.39, 0.29) is 0 Å². The first-order valence-corrected chi connectivity index (χ1v) is 6.47. The Morgan fingerprint density at radius 2 is 2.06 bits per heavy atom. The van der Waals surface area contributed by atoms with Crippen molar-refractivity contribution in [3.8, 4) is 0 Å². The standard InChI is InChI=1S/C12H16N4S/c1-7(2)9-4-10(13)16-11(15-9)5-12-14-8(3)6-17-12/h4,6-7H,5H2,1-3H3,(H2,13,15,16). The van der Waals surface area contributed by atoms with E-state index in [1.165, 1.54) is 0 Å². The fourth-order valence-electron chi connectivity index (χ4n) is 1.53. The summed E-state index contributed by atoms with van der Waals surface area (Å²) in [5, 5.41) is 3.06. The van der Waals surface area contributed by atoms with Crippen LogP contribution < -0.4 is 5.73 Å². The van der Waals surface area contributed by atoms with E-state index in [4.69, 9.17) is 5.73 Å². The molecule has 0 saturated carbocycles. The molecule has 0 radical (unpaired) electrons. The maximum absolute atomic E-state index is 5.79. The number of nitrogens with two attached hydrogens (primary N) is 1. The molecule has 0 bridgehead atoms. The van der Waals surface area contributed by atoms with Crippen molar-refractivity contribution < 1.29 is 0 Å². The Bertz CT molecular complexity index is 519. The first kappa shape index (κ1) is 12.0. The van der Waals surface area contributed by atoms with E-state index in [1.807, 2.05) is 18.4 Å². The molecule has 0 amide bonds. The number of nitrogen functional groups attached to an aromatic ring is 1. The van der Waals surface area contributed by atoms with Crippen molar-refractivity contribution >= 4 is 17.2 Å². The van der Waals surface area contributed by atoms with Crippen LogP contribution in [-0.2, 0) is 6.42 Å². The third-order valence-corrected chi connectivity index (χ3v) is 3.35. The van der Waals surface area contributed by atoms with Crippen molar-refractivity contribution in [1.29, 1.82) is 0 Å². The summed E-state index contributed by atoms with van der Waals surface area (Å²) in [6, 6.07) is 1.83. The zero-order chi connectivity index (χ0) is 12.4. The first-order chi connectivity index (χ1) is 8.04. The summed E-state index contributed by atoms with van der Waals surface area (Å²) in [7, 11) is 0. The van der Waals surface area contributed by atoms with Crippen molar-refractivity contribution in [2.45, 2.75) is 33.1 Å². The van der Waals surface area contributed by atoms with Crippen LogP contribution in [-0.4, -0.2) is 15.0 Å². The van der Waals surface area contributed by atoms with Gasteiger partial charge in [0, 0.05) is 22.8 Å². The van der Waals surface area contributed by atoms with Crippen molar-refractivity contribution in [2.24, 2.45) is 0 Å². The zero-order valence-corrected chi connectivity index (χ0v) is 11.1. The average Bonchev–Trinajstić information content (AvgIpc) is 2.63. The van der Waals surface area contributed by atoms with E-state index in [9.17, 15) is 0 Å². The average molecular weight is 248 g/mol. The van der Waals surface area contributed by atoms with E-state index < -0.39 is 0 Å². The van der Waals surface area contributed by atoms with Crippen LogP contribution in [0.5, 0.6) is 0 Å². The second-order valence-corrected chi connectivity index (χ2v) is 5.29. The number of rotatable bonds is 3. The quantitative estimate of drug-likeness (QED) is 0.906. The molecule has 2 heterocycles. The molecule has 2 aromatic rings. The molecule has 2 aromatic heterocycles. The Balaban J connectivity index is 2.26. The predicted molar refractivity (Wildman–Crippen MR) is 70.2 cm³/mol. The fourth-order valence-corrected chi connectivity index (χ4v) is 2.30. The number of hydrogen-bond donors (Lipinski definition) is 1. The molecule has 0 saturated heterocycles. The van der Waals surface area contributed by atoms with Crippen molar-refractivity contribution in [3.05, 3.63) is 33.7 Å². The molecule has 5 heteroatoms. The highest BCUT2D eigenvalue weighted by Gasteiger charge is 2.08. The van der Waals surface area contributed by atoms with Crippen molar-refractivity contribution in [2.75, 3.05) is 5.73 Å².